The fourth-order valence-electron chi connectivity index (χ4n) is 6.09. The molecule has 2 amide bonds. The Balaban J connectivity index is 1.25. The molecule has 2 heterocycles. The average Bonchev–Trinajstić information content (AvgIpc) is 2.79. The summed E-state index contributed by atoms with van der Waals surface area (Å²) in [5.74, 6) is 0.822. The molecular weight excluding hydrogens is 396 g/mol. The van der Waals surface area contributed by atoms with E-state index < -0.39 is 5.72 Å². The minimum atomic E-state index is -0.692. The molecule has 31 heavy (non-hydrogen) atoms. The molecule has 1 N–H and O–H groups in total. The highest BCUT2D eigenvalue weighted by Gasteiger charge is 2.57. The molecule has 4 unspecified atom stereocenters. The third-order valence-electron chi connectivity index (χ3n) is 7.71. The van der Waals surface area contributed by atoms with Crippen molar-refractivity contribution >= 4 is 17.8 Å². The van der Waals surface area contributed by atoms with Gasteiger partial charge in [-0.15, -0.1) is 0 Å². The summed E-state index contributed by atoms with van der Waals surface area (Å²) in [7, 11) is 0. The molecule has 1 spiro atoms. The molecule has 6 rings (SSSR count). The molecule has 0 radical (unpaired) electrons. The number of fused-ring (bicyclic) bond motifs is 3. The van der Waals surface area contributed by atoms with Gasteiger partial charge in [-0.1, -0.05) is 12.1 Å². The van der Waals surface area contributed by atoms with Crippen LogP contribution in [0.2, 0.25) is 0 Å². The van der Waals surface area contributed by atoms with Gasteiger partial charge in [-0.2, -0.15) is 0 Å². The van der Waals surface area contributed by atoms with Crippen LogP contribution in [0.1, 0.15) is 55.8 Å². The number of nitrogens with one attached hydrogen (secondary N) is 1. The number of hydrogen-bond donors (Lipinski definition) is 1. The first kappa shape index (κ1) is 20.3. The van der Waals surface area contributed by atoms with Gasteiger partial charge in [-0.05, 0) is 57.1 Å². The number of carbonyl (C=O) groups is 3. The van der Waals surface area contributed by atoms with Crippen molar-refractivity contribution in [2.45, 2.75) is 51.2 Å². The molecule has 1 aromatic carbocycles. The molecule has 3 aliphatic carbocycles. The van der Waals surface area contributed by atoms with Crippen LogP contribution in [0.5, 0.6) is 5.75 Å². The van der Waals surface area contributed by atoms with Gasteiger partial charge in [0.1, 0.15) is 5.75 Å². The normalized spacial score (nSPS) is 32.2. The van der Waals surface area contributed by atoms with Crippen LogP contribution in [0.15, 0.2) is 24.3 Å². The van der Waals surface area contributed by atoms with E-state index in [1.807, 2.05) is 30.0 Å². The molecule has 1 aromatic rings. The van der Waals surface area contributed by atoms with Crippen molar-refractivity contribution in [1.82, 2.24) is 10.2 Å². The Bertz CT molecular complexity index is 894. The SMILES string of the molecule is CCOC(=O)C1CCN(C(=O)C2CC3CCC2CC32NC(=O)c3ccccc3O2)CC1. The minimum Gasteiger partial charge on any atom is -0.467 e. The van der Waals surface area contributed by atoms with Crippen LogP contribution >= 0.6 is 0 Å². The molecule has 1 saturated heterocycles. The van der Waals surface area contributed by atoms with Gasteiger partial charge in [0, 0.05) is 31.3 Å². The van der Waals surface area contributed by atoms with E-state index in [1.54, 1.807) is 6.07 Å². The van der Waals surface area contributed by atoms with E-state index in [9.17, 15) is 14.4 Å². The number of hydrogen-bond acceptors (Lipinski definition) is 5. The zero-order valence-corrected chi connectivity index (χ0v) is 18.0. The van der Waals surface area contributed by atoms with Crippen molar-refractivity contribution in [2.75, 3.05) is 19.7 Å². The monoisotopic (exact) mass is 426 g/mol. The van der Waals surface area contributed by atoms with Crippen molar-refractivity contribution in [3.63, 3.8) is 0 Å². The molecular formula is C24H30N2O5. The molecule has 7 heteroatoms. The Kier molecular flexibility index (Phi) is 5.15. The van der Waals surface area contributed by atoms with Crippen LogP contribution in [0.25, 0.3) is 0 Å². The smallest absolute Gasteiger partial charge is 0.309 e. The predicted molar refractivity (Wildman–Crippen MR) is 112 cm³/mol. The van der Waals surface area contributed by atoms with Crippen LogP contribution in [-0.2, 0) is 14.3 Å². The van der Waals surface area contributed by atoms with Gasteiger partial charge in [-0.3, -0.25) is 14.4 Å². The van der Waals surface area contributed by atoms with E-state index in [0.717, 1.165) is 19.3 Å². The number of nitrogens with zero attached hydrogens (tertiary/aromatic N) is 1. The zero-order chi connectivity index (χ0) is 21.6. The van der Waals surface area contributed by atoms with E-state index in [-0.39, 0.29) is 41.5 Å². The second-order valence-electron chi connectivity index (χ2n) is 9.37. The maximum atomic E-state index is 13.4. The van der Waals surface area contributed by atoms with Crippen LogP contribution in [-0.4, -0.2) is 48.1 Å². The summed E-state index contributed by atoms with van der Waals surface area (Å²) in [6.07, 6.45) is 4.71. The maximum Gasteiger partial charge on any atom is 0.309 e. The van der Waals surface area contributed by atoms with Crippen LogP contribution in [0, 0.1) is 23.7 Å². The summed E-state index contributed by atoms with van der Waals surface area (Å²) < 4.78 is 11.5. The number of ether oxygens (including phenoxy) is 2. The van der Waals surface area contributed by atoms with Crippen LogP contribution < -0.4 is 10.1 Å². The lowest BCUT2D eigenvalue weighted by Crippen LogP contribution is -2.67. The number of rotatable bonds is 3. The molecule has 7 nitrogen and oxygen atoms in total. The van der Waals surface area contributed by atoms with Crippen LogP contribution in [0.3, 0.4) is 0 Å². The van der Waals surface area contributed by atoms with E-state index in [0.29, 0.717) is 50.3 Å². The lowest BCUT2D eigenvalue weighted by atomic mass is 9.59. The second-order valence-corrected chi connectivity index (χ2v) is 9.37. The zero-order valence-electron chi connectivity index (χ0n) is 18.0. The predicted octanol–water partition coefficient (Wildman–Crippen LogP) is 2.74. The molecule has 166 valence electrons. The Hall–Kier alpha value is -2.57. The van der Waals surface area contributed by atoms with E-state index in [2.05, 4.69) is 5.32 Å². The number of esters is 1. The van der Waals surface area contributed by atoms with E-state index >= 15 is 0 Å². The third-order valence-corrected chi connectivity index (χ3v) is 7.71. The number of carbonyl (C=O) groups excluding carboxylic acids is 3. The highest BCUT2D eigenvalue weighted by atomic mass is 16.5. The molecule has 2 aliphatic heterocycles. The molecule has 0 aromatic heterocycles. The number of likely N-dealkylation sites (tertiary alicyclic amines) is 1. The molecule has 2 bridgehead atoms. The van der Waals surface area contributed by atoms with Gasteiger partial charge in [-0.25, -0.2) is 0 Å². The number of amides is 2. The topological polar surface area (TPSA) is 84.9 Å². The fraction of sp³-hybridized carbons (Fsp3) is 0.625. The number of benzene rings is 1. The van der Waals surface area contributed by atoms with E-state index in [1.165, 1.54) is 0 Å². The Morgan fingerprint density at radius 2 is 1.97 bits per heavy atom. The number of para-hydroxylation sites is 1. The molecule has 5 aliphatic rings. The van der Waals surface area contributed by atoms with Gasteiger partial charge in [0.25, 0.3) is 5.91 Å². The standard InChI is InChI=1S/C24H30N2O5/c1-2-30-23(29)15-9-11-26(12-10-15)22(28)19-13-17-8-7-16(19)14-24(17)25-21(27)18-5-3-4-6-20(18)31-24/h3-6,15-17,19H,2,7-14H2,1H3,(H,25,27). The fourth-order valence-corrected chi connectivity index (χ4v) is 6.09. The van der Waals surface area contributed by atoms with E-state index in [4.69, 9.17) is 9.47 Å². The van der Waals surface area contributed by atoms with Gasteiger partial charge in [0.15, 0.2) is 5.72 Å². The largest absolute Gasteiger partial charge is 0.467 e. The summed E-state index contributed by atoms with van der Waals surface area (Å²) in [6, 6.07) is 7.37. The van der Waals surface area contributed by atoms with Gasteiger partial charge < -0.3 is 19.7 Å². The Labute approximate surface area is 182 Å². The van der Waals surface area contributed by atoms with Crippen molar-refractivity contribution < 1.29 is 23.9 Å². The lowest BCUT2D eigenvalue weighted by molar-refractivity contribution is -0.159. The Morgan fingerprint density at radius 3 is 2.68 bits per heavy atom. The maximum absolute atomic E-state index is 13.4. The average molecular weight is 427 g/mol. The minimum absolute atomic E-state index is 0.0267. The second kappa shape index (κ2) is 7.84. The van der Waals surface area contributed by atoms with Crippen LogP contribution in [0.4, 0.5) is 0 Å². The highest BCUT2D eigenvalue weighted by Crippen LogP contribution is 2.52. The summed E-state index contributed by atoms with van der Waals surface area (Å²) >= 11 is 0. The van der Waals surface area contributed by atoms with Gasteiger partial charge in [0.05, 0.1) is 18.1 Å². The first-order chi connectivity index (χ1) is 15.0. The third kappa shape index (κ3) is 3.48. The highest BCUT2D eigenvalue weighted by molar-refractivity contribution is 5.98. The Morgan fingerprint density at radius 1 is 1.19 bits per heavy atom. The summed E-state index contributed by atoms with van der Waals surface area (Å²) in [6.45, 7) is 3.44. The van der Waals surface area contributed by atoms with Gasteiger partial charge >= 0.3 is 5.97 Å². The quantitative estimate of drug-likeness (QED) is 0.752. The molecule has 4 atom stereocenters. The summed E-state index contributed by atoms with van der Waals surface area (Å²) in [4.78, 5) is 40.0. The first-order valence-electron chi connectivity index (χ1n) is 11.6. The summed E-state index contributed by atoms with van der Waals surface area (Å²) in [5, 5.41) is 3.15. The molecule has 4 fully saturated rings. The van der Waals surface area contributed by atoms with Gasteiger partial charge in [0.2, 0.25) is 5.91 Å². The van der Waals surface area contributed by atoms with Crippen molar-refractivity contribution in [3.8, 4) is 5.75 Å². The van der Waals surface area contributed by atoms with Crippen molar-refractivity contribution in [2.24, 2.45) is 23.7 Å². The first-order valence-corrected chi connectivity index (χ1v) is 11.6. The summed E-state index contributed by atoms with van der Waals surface area (Å²) in [5.41, 5.74) is -0.117. The van der Waals surface area contributed by atoms with Crippen molar-refractivity contribution in [1.29, 1.82) is 0 Å². The van der Waals surface area contributed by atoms with Crippen molar-refractivity contribution in [3.05, 3.63) is 29.8 Å². The lowest BCUT2D eigenvalue weighted by Gasteiger charge is -2.55. The number of piperidine rings is 1. The molecule has 3 saturated carbocycles.